The highest BCUT2D eigenvalue weighted by molar-refractivity contribution is 8.77. The molecule has 0 saturated heterocycles. The first-order valence-electron chi connectivity index (χ1n) is 2.96. The second kappa shape index (κ2) is 5.29. The number of hydrogen-bond donors (Lipinski definition) is 4. The summed E-state index contributed by atoms with van der Waals surface area (Å²) in [5, 5.41) is 18.0. The van der Waals surface area contributed by atoms with E-state index >= 15 is 0 Å². The molecule has 4 nitrogen and oxygen atoms in total. The van der Waals surface area contributed by atoms with Crippen molar-refractivity contribution in [2.24, 2.45) is 11.5 Å². The van der Waals surface area contributed by atoms with Crippen LogP contribution in [0, 0.1) is 0 Å². The van der Waals surface area contributed by atoms with E-state index < -0.39 is 10.3 Å². The van der Waals surface area contributed by atoms with Crippen LogP contribution in [0.1, 0.15) is 0 Å². The molecule has 0 aliphatic rings. The number of aliphatic hydroxyl groups excluding tert-OH is 1. The zero-order valence-electron chi connectivity index (χ0n) is 5.93. The molecule has 0 bridgehead atoms. The van der Waals surface area contributed by atoms with Crippen molar-refractivity contribution in [2.45, 2.75) is 10.3 Å². The van der Waals surface area contributed by atoms with Gasteiger partial charge in [0.1, 0.15) is 13.3 Å². The highest BCUT2D eigenvalue weighted by atomic mass is 33.1. The Kier molecular flexibility index (Phi) is 5.58. The van der Waals surface area contributed by atoms with E-state index in [9.17, 15) is 0 Å². The van der Waals surface area contributed by atoms with Crippen LogP contribution in [0.5, 0.6) is 0 Å². The summed E-state index contributed by atoms with van der Waals surface area (Å²) >= 11 is 0. The summed E-state index contributed by atoms with van der Waals surface area (Å²) in [4.78, 5) is -1.49. The molecule has 6 N–H and O–H groups in total. The molecule has 0 rings (SSSR count). The van der Waals surface area contributed by atoms with Crippen molar-refractivity contribution in [3.63, 3.8) is 0 Å². The van der Waals surface area contributed by atoms with Crippen molar-refractivity contribution < 1.29 is 10.2 Å². The first-order chi connectivity index (χ1) is 5.02. The molecule has 2 atom stereocenters. The standard InChI is InChI=1S/C4H11BN2O2S2/c5-4(9,2-7)11-10-3(8)1-6/h3,8-9H,1-2,6-7H2. The minimum atomic E-state index is -1.49. The smallest absolute Gasteiger partial charge is 0.131 e. The number of hydrogen-bond acceptors (Lipinski definition) is 6. The van der Waals surface area contributed by atoms with Gasteiger partial charge in [-0.25, -0.2) is 0 Å². The topological polar surface area (TPSA) is 92.5 Å². The van der Waals surface area contributed by atoms with E-state index in [0.29, 0.717) is 0 Å². The Labute approximate surface area is 74.9 Å². The highest BCUT2D eigenvalue weighted by Gasteiger charge is 2.19. The van der Waals surface area contributed by atoms with Gasteiger partial charge in [0.15, 0.2) is 0 Å². The lowest BCUT2D eigenvalue weighted by Crippen LogP contribution is -2.34. The van der Waals surface area contributed by atoms with Gasteiger partial charge in [-0.05, 0) is 0 Å². The Morgan fingerprint density at radius 3 is 2.45 bits per heavy atom. The van der Waals surface area contributed by atoms with E-state index in [1.54, 1.807) is 0 Å². The first-order valence-corrected chi connectivity index (χ1v) is 5.17. The van der Waals surface area contributed by atoms with Crippen LogP contribution in [0.15, 0.2) is 0 Å². The lowest BCUT2D eigenvalue weighted by Gasteiger charge is -2.20. The Hall–Kier alpha value is 0.605. The Morgan fingerprint density at radius 2 is 2.09 bits per heavy atom. The molecule has 7 heteroatoms. The number of rotatable bonds is 5. The molecule has 2 unspecified atom stereocenters. The van der Waals surface area contributed by atoms with Crippen LogP contribution in [-0.4, -0.2) is 41.4 Å². The molecule has 0 heterocycles. The highest BCUT2D eigenvalue weighted by Crippen LogP contribution is 2.33. The summed E-state index contributed by atoms with van der Waals surface area (Å²) in [5.41, 5.74) is 9.50. The molecule has 64 valence electrons. The van der Waals surface area contributed by atoms with Gasteiger partial charge in [0, 0.05) is 13.1 Å². The molecule has 0 amide bonds. The van der Waals surface area contributed by atoms with Gasteiger partial charge < -0.3 is 21.7 Å². The number of aliphatic hydroxyl groups is 2. The lowest BCUT2D eigenvalue weighted by atomic mass is 10.0. The Morgan fingerprint density at radius 1 is 1.55 bits per heavy atom. The van der Waals surface area contributed by atoms with Gasteiger partial charge in [0.25, 0.3) is 0 Å². The van der Waals surface area contributed by atoms with E-state index in [-0.39, 0.29) is 13.1 Å². The maximum atomic E-state index is 9.11. The second-order valence-electron chi connectivity index (χ2n) is 1.92. The van der Waals surface area contributed by atoms with Gasteiger partial charge >= 0.3 is 0 Å². The van der Waals surface area contributed by atoms with Crippen molar-refractivity contribution in [2.75, 3.05) is 13.1 Å². The summed E-state index contributed by atoms with van der Waals surface area (Å²) in [5.74, 6) is 0. The lowest BCUT2D eigenvalue weighted by molar-refractivity contribution is 0.231. The molecule has 0 aromatic heterocycles. The van der Waals surface area contributed by atoms with Gasteiger partial charge in [-0.2, -0.15) is 0 Å². The van der Waals surface area contributed by atoms with Crippen LogP contribution in [0.2, 0.25) is 0 Å². The molecule has 2 radical (unpaired) electrons. The molecule has 11 heavy (non-hydrogen) atoms. The van der Waals surface area contributed by atoms with E-state index in [0.717, 1.165) is 21.6 Å². The van der Waals surface area contributed by atoms with Crippen LogP contribution in [-0.2, 0) is 0 Å². The number of nitrogens with two attached hydrogens (primary N) is 2. The quantitative estimate of drug-likeness (QED) is 0.240. The van der Waals surface area contributed by atoms with E-state index in [2.05, 4.69) is 0 Å². The third-order valence-electron chi connectivity index (χ3n) is 0.798. The predicted octanol–water partition coefficient (Wildman–Crippen LogP) is -1.58. The molecule has 0 aromatic carbocycles. The van der Waals surface area contributed by atoms with Gasteiger partial charge in [0.2, 0.25) is 0 Å². The van der Waals surface area contributed by atoms with Crippen molar-refractivity contribution >= 4 is 29.4 Å². The zero-order chi connectivity index (χ0) is 8.91. The summed E-state index contributed by atoms with van der Waals surface area (Å²) in [7, 11) is 7.15. The van der Waals surface area contributed by atoms with Crippen LogP contribution in [0.4, 0.5) is 0 Å². The molecule has 0 aliphatic carbocycles. The maximum absolute atomic E-state index is 9.11. The monoisotopic (exact) mass is 194 g/mol. The minimum Gasteiger partial charge on any atom is -0.387 e. The third kappa shape index (κ3) is 5.83. The Bertz CT molecular complexity index is 116. The molecule has 0 fully saturated rings. The largest absolute Gasteiger partial charge is 0.387 e. The van der Waals surface area contributed by atoms with E-state index in [4.69, 9.17) is 29.5 Å². The average molecular weight is 194 g/mol. The maximum Gasteiger partial charge on any atom is 0.131 e. The first kappa shape index (κ1) is 11.6. The molecule has 0 spiro atoms. The minimum absolute atomic E-state index is 0.0675. The fraction of sp³-hybridized carbons (Fsp3) is 1.00. The SMILES string of the molecule is [B]C(O)(CN)SSC(O)CN. The summed E-state index contributed by atoms with van der Waals surface area (Å²) in [6, 6.07) is 0. The second-order valence-corrected chi connectivity index (χ2v) is 4.61. The van der Waals surface area contributed by atoms with Crippen LogP contribution in [0.25, 0.3) is 0 Å². The van der Waals surface area contributed by atoms with Crippen molar-refractivity contribution in [3.05, 3.63) is 0 Å². The molecule has 0 aliphatic heterocycles. The van der Waals surface area contributed by atoms with Crippen molar-refractivity contribution in [1.82, 2.24) is 0 Å². The van der Waals surface area contributed by atoms with Gasteiger partial charge in [-0.3, -0.25) is 0 Å². The normalized spacial score (nSPS) is 19.3. The summed E-state index contributed by atoms with van der Waals surface area (Å²) in [6.45, 7) is 0.0558. The van der Waals surface area contributed by atoms with Crippen LogP contribution < -0.4 is 11.5 Å². The van der Waals surface area contributed by atoms with Gasteiger partial charge in [-0.1, -0.05) is 21.6 Å². The third-order valence-corrected chi connectivity index (χ3v) is 3.58. The predicted molar refractivity (Wildman–Crippen MR) is 50.0 cm³/mol. The van der Waals surface area contributed by atoms with Crippen molar-refractivity contribution in [3.8, 4) is 0 Å². The Balaban J connectivity index is 3.52. The fourth-order valence-electron chi connectivity index (χ4n) is 0.212. The van der Waals surface area contributed by atoms with E-state index in [1.807, 2.05) is 0 Å². The van der Waals surface area contributed by atoms with E-state index in [1.165, 1.54) is 0 Å². The summed E-state index contributed by atoms with van der Waals surface area (Å²) < 4.78 is 0. The van der Waals surface area contributed by atoms with Crippen molar-refractivity contribution in [1.29, 1.82) is 0 Å². The van der Waals surface area contributed by atoms with Gasteiger partial charge in [0.05, 0.1) is 4.83 Å². The fourth-order valence-corrected chi connectivity index (χ4v) is 1.91. The van der Waals surface area contributed by atoms with Crippen LogP contribution >= 0.6 is 21.6 Å². The van der Waals surface area contributed by atoms with Crippen LogP contribution in [0.3, 0.4) is 0 Å². The van der Waals surface area contributed by atoms with Gasteiger partial charge in [-0.15, -0.1) is 0 Å². The average Bonchev–Trinajstić information content (AvgIpc) is 2.00. The molecular weight excluding hydrogens is 183 g/mol. The molecule has 0 saturated carbocycles. The summed E-state index contributed by atoms with van der Waals surface area (Å²) in [6.07, 6.45) is 0. The molecule has 0 aromatic rings. The molecular formula is C4H11BN2O2S2. The zero-order valence-corrected chi connectivity index (χ0v) is 7.57.